The number of nitrogens with one attached hydrogen (secondary N) is 3. The van der Waals surface area contributed by atoms with E-state index in [2.05, 4.69) is 16.0 Å². The van der Waals surface area contributed by atoms with E-state index in [1.807, 2.05) is 20.8 Å². The first-order chi connectivity index (χ1) is 14.1. The molecule has 3 N–H and O–H groups in total. The molecule has 0 aromatic heterocycles. The fraction of sp³-hybridized carbons (Fsp3) is 0.571. The van der Waals surface area contributed by atoms with E-state index >= 15 is 0 Å². The number of hydrogen-bond donors (Lipinski definition) is 3. The average molecular weight is 421 g/mol. The monoisotopic (exact) mass is 420 g/mol. The van der Waals surface area contributed by atoms with Gasteiger partial charge in [-0.15, -0.1) is 0 Å². The van der Waals surface area contributed by atoms with Gasteiger partial charge in [-0.25, -0.2) is 4.79 Å². The predicted octanol–water partition coefficient (Wildman–Crippen LogP) is 1.98. The van der Waals surface area contributed by atoms with Crippen molar-refractivity contribution in [1.82, 2.24) is 15.5 Å². The molecule has 0 saturated carbocycles. The molecule has 30 heavy (non-hydrogen) atoms. The minimum absolute atomic E-state index is 0.0715. The van der Waals surface area contributed by atoms with Crippen molar-refractivity contribution in [3.63, 3.8) is 0 Å². The van der Waals surface area contributed by atoms with E-state index in [0.717, 1.165) is 12.8 Å². The molecule has 0 spiro atoms. The SMILES string of the molecule is COc1ccc(NC(=O)C(=O)NCC2CCN(C(=O)NC(C)(C)C)CC2)c(OC)c1. The van der Waals surface area contributed by atoms with E-state index in [1.54, 1.807) is 23.1 Å². The zero-order valence-electron chi connectivity index (χ0n) is 18.3. The van der Waals surface area contributed by atoms with Crippen LogP contribution in [0.1, 0.15) is 33.6 Å². The van der Waals surface area contributed by atoms with Gasteiger partial charge in [-0.3, -0.25) is 9.59 Å². The third-order valence-electron chi connectivity index (χ3n) is 4.80. The Morgan fingerprint density at radius 3 is 2.30 bits per heavy atom. The van der Waals surface area contributed by atoms with Gasteiger partial charge >= 0.3 is 17.8 Å². The van der Waals surface area contributed by atoms with Gasteiger partial charge in [0.25, 0.3) is 0 Å². The van der Waals surface area contributed by atoms with Crippen LogP contribution in [-0.2, 0) is 9.59 Å². The van der Waals surface area contributed by atoms with E-state index in [1.165, 1.54) is 14.2 Å². The lowest BCUT2D eigenvalue weighted by Gasteiger charge is -2.34. The van der Waals surface area contributed by atoms with Gasteiger partial charge in [0, 0.05) is 31.2 Å². The molecule has 9 heteroatoms. The first kappa shape index (κ1) is 23.3. The maximum Gasteiger partial charge on any atom is 0.317 e. The molecule has 0 atom stereocenters. The molecular formula is C21H32N4O5. The second-order valence-corrected chi connectivity index (χ2v) is 8.34. The van der Waals surface area contributed by atoms with Gasteiger partial charge in [0.2, 0.25) is 0 Å². The lowest BCUT2D eigenvalue weighted by molar-refractivity contribution is -0.136. The number of likely N-dealkylation sites (tertiary alicyclic amines) is 1. The quantitative estimate of drug-likeness (QED) is 0.631. The summed E-state index contributed by atoms with van der Waals surface area (Å²) in [4.78, 5) is 38.4. The van der Waals surface area contributed by atoms with Crippen LogP contribution >= 0.6 is 0 Å². The Kier molecular flexibility index (Phi) is 7.91. The Morgan fingerprint density at radius 1 is 1.07 bits per heavy atom. The van der Waals surface area contributed by atoms with Gasteiger partial charge in [-0.05, 0) is 51.7 Å². The number of piperidine rings is 1. The summed E-state index contributed by atoms with van der Waals surface area (Å²) in [6.07, 6.45) is 1.54. The van der Waals surface area contributed by atoms with Crippen LogP contribution < -0.4 is 25.4 Å². The number of anilines is 1. The van der Waals surface area contributed by atoms with Crippen LogP contribution in [0, 0.1) is 5.92 Å². The normalized spacial score (nSPS) is 14.6. The van der Waals surface area contributed by atoms with Gasteiger partial charge < -0.3 is 30.3 Å². The standard InChI is InChI=1S/C21H32N4O5/c1-21(2,3)24-20(28)25-10-8-14(9-11-25)13-22-18(26)19(27)23-16-7-6-15(29-4)12-17(16)30-5/h6-7,12,14H,8-11,13H2,1-5H3,(H,22,26)(H,23,27)(H,24,28). The van der Waals surface area contributed by atoms with Crippen molar-refractivity contribution >= 4 is 23.5 Å². The molecule has 0 radical (unpaired) electrons. The number of rotatable bonds is 5. The average Bonchev–Trinajstić information content (AvgIpc) is 2.71. The van der Waals surface area contributed by atoms with Crippen LogP contribution in [-0.4, -0.2) is 62.1 Å². The molecule has 1 aromatic rings. The van der Waals surface area contributed by atoms with Crippen molar-refractivity contribution in [1.29, 1.82) is 0 Å². The number of benzene rings is 1. The summed E-state index contributed by atoms with van der Waals surface area (Å²) in [6, 6.07) is 4.83. The molecule has 1 fully saturated rings. The summed E-state index contributed by atoms with van der Waals surface area (Å²) in [5.41, 5.74) is 0.110. The zero-order valence-corrected chi connectivity index (χ0v) is 18.3. The van der Waals surface area contributed by atoms with Crippen molar-refractivity contribution in [2.45, 2.75) is 39.2 Å². The van der Waals surface area contributed by atoms with Gasteiger partial charge in [0.1, 0.15) is 11.5 Å². The Morgan fingerprint density at radius 2 is 1.73 bits per heavy atom. The van der Waals surface area contributed by atoms with Crippen LogP contribution in [0.5, 0.6) is 11.5 Å². The molecule has 1 aliphatic rings. The third kappa shape index (κ3) is 6.82. The molecule has 1 saturated heterocycles. The van der Waals surface area contributed by atoms with E-state index in [9.17, 15) is 14.4 Å². The first-order valence-corrected chi connectivity index (χ1v) is 10.0. The largest absolute Gasteiger partial charge is 0.497 e. The number of methoxy groups -OCH3 is 2. The number of carbonyl (C=O) groups excluding carboxylic acids is 3. The highest BCUT2D eigenvalue weighted by atomic mass is 16.5. The van der Waals surface area contributed by atoms with Crippen molar-refractivity contribution in [3.05, 3.63) is 18.2 Å². The second kappa shape index (κ2) is 10.2. The summed E-state index contributed by atoms with van der Waals surface area (Å²) in [6.45, 7) is 7.47. The van der Waals surface area contributed by atoms with Crippen molar-refractivity contribution in [2.75, 3.05) is 39.2 Å². The lowest BCUT2D eigenvalue weighted by Crippen LogP contribution is -2.51. The predicted molar refractivity (Wildman–Crippen MR) is 114 cm³/mol. The van der Waals surface area contributed by atoms with Crippen LogP contribution in [0.15, 0.2) is 18.2 Å². The van der Waals surface area contributed by atoms with Crippen molar-refractivity contribution in [2.24, 2.45) is 5.92 Å². The molecule has 0 aliphatic carbocycles. The Labute approximate surface area is 177 Å². The Bertz CT molecular complexity index is 767. The van der Waals surface area contributed by atoms with Crippen LogP contribution in [0.3, 0.4) is 0 Å². The number of amides is 4. The summed E-state index contributed by atoms with van der Waals surface area (Å²) in [7, 11) is 3.00. The van der Waals surface area contributed by atoms with E-state index in [-0.39, 0.29) is 17.5 Å². The molecule has 0 bridgehead atoms. The third-order valence-corrected chi connectivity index (χ3v) is 4.80. The molecule has 4 amide bonds. The summed E-state index contributed by atoms with van der Waals surface area (Å²) < 4.78 is 10.3. The fourth-order valence-electron chi connectivity index (χ4n) is 3.14. The molecule has 1 heterocycles. The molecule has 1 aliphatic heterocycles. The van der Waals surface area contributed by atoms with E-state index in [0.29, 0.717) is 36.8 Å². The number of ether oxygens (including phenoxy) is 2. The molecule has 1 aromatic carbocycles. The molecule has 2 rings (SSSR count). The van der Waals surface area contributed by atoms with Crippen molar-refractivity contribution in [3.8, 4) is 11.5 Å². The highest BCUT2D eigenvalue weighted by molar-refractivity contribution is 6.39. The maximum absolute atomic E-state index is 12.2. The van der Waals surface area contributed by atoms with Crippen molar-refractivity contribution < 1.29 is 23.9 Å². The number of nitrogens with zero attached hydrogens (tertiary/aromatic N) is 1. The van der Waals surface area contributed by atoms with Gasteiger partial charge in [0.15, 0.2) is 0 Å². The van der Waals surface area contributed by atoms with E-state index in [4.69, 9.17) is 9.47 Å². The molecule has 9 nitrogen and oxygen atoms in total. The zero-order chi connectivity index (χ0) is 22.3. The maximum atomic E-state index is 12.2. The van der Waals surface area contributed by atoms with E-state index < -0.39 is 11.8 Å². The number of carbonyl (C=O) groups is 3. The summed E-state index contributed by atoms with van der Waals surface area (Å²) in [5, 5.41) is 8.19. The fourth-order valence-corrected chi connectivity index (χ4v) is 3.14. The van der Waals surface area contributed by atoms with Crippen LogP contribution in [0.2, 0.25) is 0 Å². The highest BCUT2D eigenvalue weighted by Crippen LogP contribution is 2.28. The van der Waals surface area contributed by atoms with Gasteiger partial charge in [0.05, 0.1) is 19.9 Å². The topological polar surface area (TPSA) is 109 Å². The summed E-state index contributed by atoms with van der Waals surface area (Å²) >= 11 is 0. The Balaban J connectivity index is 1.78. The highest BCUT2D eigenvalue weighted by Gasteiger charge is 2.26. The van der Waals surface area contributed by atoms with Gasteiger partial charge in [-0.2, -0.15) is 0 Å². The second-order valence-electron chi connectivity index (χ2n) is 8.34. The first-order valence-electron chi connectivity index (χ1n) is 10.0. The molecule has 166 valence electrons. The molecule has 0 unspecified atom stereocenters. The number of hydrogen-bond acceptors (Lipinski definition) is 5. The van der Waals surface area contributed by atoms with Crippen LogP contribution in [0.4, 0.5) is 10.5 Å². The smallest absolute Gasteiger partial charge is 0.317 e. The minimum Gasteiger partial charge on any atom is -0.497 e. The molecular weight excluding hydrogens is 388 g/mol. The lowest BCUT2D eigenvalue weighted by atomic mass is 9.97. The minimum atomic E-state index is -0.763. The Hall–Kier alpha value is -2.97. The number of urea groups is 1. The summed E-state index contributed by atoms with van der Waals surface area (Å²) in [5.74, 6) is -0.273. The van der Waals surface area contributed by atoms with Crippen LogP contribution in [0.25, 0.3) is 0 Å². The van der Waals surface area contributed by atoms with Gasteiger partial charge in [-0.1, -0.05) is 0 Å².